The minimum absolute atomic E-state index is 0.0393. The van der Waals surface area contributed by atoms with Crippen LogP contribution in [0.15, 0.2) is 23.6 Å². The van der Waals surface area contributed by atoms with Crippen molar-refractivity contribution < 1.29 is 32.7 Å². The Morgan fingerprint density at radius 1 is 1.00 bits per heavy atom. The summed E-state index contributed by atoms with van der Waals surface area (Å²) in [7, 11) is 2.11. The summed E-state index contributed by atoms with van der Waals surface area (Å²) in [5, 5.41) is 14.4. The van der Waals surface area contributed by atoms with E-state index >= 15 is 0 Å². The molecule has 4 aliphatic rings. The SMILES string of the molecule is CN1CCC(N2CCN(C(=O)[C@H](CC(=O)N3CCC(N4Cc5sccc5NC4=O)CC3)Cc3cc(Cl)c(O)c(C(F)(F)F)c3)CC2)CC1. The van der Waals surface area contributed by atoms with Crippen LogP contribution in [0.1, 0.15) is 48.1 Å². The number of carbonyl (C=O) groups excluding carboxylic acids is 3. The zero-order valence-electron chi connectivity index (χ0n) is 27.0. The van der Waals surface area contributed by atoms with Gasteiger partial charge in [0.2, 0.25) is 11.8 Å². The van der Waals surface area contributed by atoms with Gasteiger partial charge in [-0.05, 0) is 81.4 Å². The van der Waals surface area contributed by atoms with E-state index in [0.717, 1.165) is 42.6 Å². The van der Waals surface area contributed by atoms with E-state index < -0.39 is 28.4 Å². The van der Waals surface area contributed by atoms with Gasteiger partial charge in [0.25, 0.3) is 0 Å². The quantitative estimate of drug-likeness (QED) is 0.422. The van der Waals surface area contributed by atoms with Crippen LogP contribution in [0.2, 0.25) is 5.02 Å². The van der Waals surface area contributed by atoms with Crippen LogP contribution in [0.25, 0.3) is 0 Å². The summed E-state index contributed by atoms with van der Waals surface area (Å²) in [6.07, 6.45) is -1.83. The predicted molar refractivity (Wildman–Crippen MR) is 177 cm³/mol. The predicted octanol–water partition coefficient (Wildman–Crippen LogP) is 4.95. The number of fused-ring (bicyclic) bond motifs is 1. The molecule has 0 radical (unpaired) electrons. The van der Waals surface area contributed by atoms with Crippen molar-refractivity contribution in [1.82, 2.24) is 24.5 Å². The average molecular weight is 711 g/mol. The first-order valence-electron chi connectivity index (χ1n) is 16.6. The summed E-state index contributed by atoms with van der Waals surface area (Å²) in [5.74, 6) is -2.48. The number of phenols is 1. The number of nitrogens with one attached hydrogen (secondary N) is 1. The highest BCUT2D eigenvalue weighted by Gasteiger charge is 2.38. The van der Waals surface area contributed by atoms with E-state index in [-0.39, 0.29) is 42.3 Å². The van der Waals surface area contributed by atoms with E-state index in [1.54, 1.807) is 21.1 Å². The number of hydrogen-bond acceptors (Lipinski definition) is 7. The number of aromatic hydroxyl groups is 1. The van der Waals surface area contributed by atoms with Crippen LogP contribution in [-0.2, 0) is 28.7 Å². The molecule has 0 saturated carbocycles. The second-order valence-electron chi connectivity index (χ2n) is 13.4. The Kier molecular flexibility index (Phi) is 10.4. The number of carbonyl (C=O) groups is 3. The summed E-state index contributed by atoms with van der Waals surface area (Å²) < 4.78 is 41.2. The first-order chi connectivity index (χ1) is 22.9. The lowest BCUT2D eigenvalue weighted by Gasteiger charge is -2.43. The van der Waals surface area contributed by atoms with E-state index in [1.165, 1.54) is 6.07 Å². The van der Waals surface area contributed by atoms with Crippen molar-refractivity contribution in [3.8, 4) is 5.75 Å². The molecular formula is C33H42ClF3N6O4S. The Balaban J connectivity index is 1.13. The lowest BCUT2D eigenvalue weighted by atomic mass is 9.92. The number of piperidine rings is 2. The number of thiophene rings is 1. The number of alkyl halides is 3. The highest BCUT2D eigenvalue weighted by Crippen LogP contribution is 2.41. The largest absolute Gasteiger partial charge is 0.506 e. The number of halogens is 4. The maximum absolute atomic E-state index is 14.0. The second kappa shape index (κ2) is 14.4. The van der Waals surface area contributed by atoms with Crippen molar-refractivity contribution in [3.05, 3.63) is 44.6 Å². The topological polar surface area (TPSA) is 99.7 Å². The van der Waals surface area contributed by atoms with Crippen molar-refractivity contribution in [3.63, 3.8) is 0 Å². The van der Waals surface area contributed by atoms with Gasteiger partial charge in [0, 0.05) is 62.7 Å². The third kappa shape index (κ3) is 7.71. The Hall–Kier alpha value is -3.07. The highest BCUT2D eigenvalue weighted by molar-refractivity contribution is 7.10. The average Bonchev–Trinajstić information content (AvgIpc) is 3.52. The summed E-state index contributed by atoms with van der Waals surface area (Å²) in [4.78, 5) is 51.5. The minimum atomic E-state index is -4.84. The van der Waals surface area contributed by atoms with E-state index in [9.17, 15) is 32.7 Å². The van der Waals surface area contributed by atoms with Gasteiger partial charge >= 0.3 is 12.2 Å². The Morgan fingerprint density at radius 3 is 2.33 bits per heavy atom. The minimum Gasteiger partial charge on any atom is -0.506 e. The van der Waals surface area contributed by atoms with Gasteiger partial charge in [-0.3, -0.25) is 14.5 Å². The Bertz CT molecular complexity index is 1500. The molecule has 6 rings (SSSR count). The number of hydrogen-bond donors (Lipinski definition) is 2. The summed E-state index contributed by atoms with van der Waals surface area (Å²) in [6, 6.07) is 4.21. The number of amides is 4. The fourth-order valence-electron chi connectivity index (χ4n) is 7.50. The summed E-state index contributed by atoms with van der Waals surface area (Å²) >= 11 is 7.60. The van der Waals surface area contributed by atoms with Crippen molar-refractivity contribution >= 4 is 46.5 Å². The molecule has 1 aromatic carbocycles. The molecular weight excluding hydrogens is 669 g/mol. The molecule has 15 heteroatoms. The number of likely N-dealkylation sites (tertiary alicyclic amines) is 2. The standard InChI is InChI=1S/C33H42ClF3N6O4S/c1-39-7-2-23(3-8-39)40-11-13-42(14-12-40)31(46)22(16-21-17-25(33(35,36)37)30(45)26(34)18-21)19-29(44)41-9-4-24(5-10-41)43-20-28-27(6-15-48-28)38-32(43)47/h6,15,17-18,22-24,45H,2-5,7-14,16,19-20H2,1H3,(H,38,47)/t22-/m0/s1. The number of rotatable bonds is 7. The van der Waals surface area contributed by atoms with Gasteiger partial charge in [-0.15, -0.1) is 11.3 Å². The van der Waals surface area contributed by atoms with Gasteiger partial charge in [-0.1, -0.05) is 11.6 Å². The smallest absolute Gasteiger partial charge is 0.420 e. The molecule has 2 N–H and O–H groups in total. The molecule has 0 unspecified atom stereocenters. The molecule has 3 saturated heterocycles. The van der Waals surface area contributed by atoms with Crippen LogP contribution < -0.4 is 5.32 Å². The molecule has 0 bridgehead atoms. The van der Waals surface area contributed by atoms with Crippen LogP contribution >= 0.6 is 22.9 Å². The Morgan fingerprint density at radius 2 is 1.67 bits per heavy atom. The normalized spacial score (nSPS) is 21.3. The third-order valence-electron chi connectivity index (χ3n) is 10.3. The first-order valence-corrected chi connectivity index (χ1v) is 17.8. The van der Waals surface area contributed by atoms with Gasteiger partial charge in [0.1, 0.15) is 5.75 Å². The summed E-state index contributed by atoms with van der Waals surface area (Å²) in [5.41, 5.74) is -0.304. The van der Waals surface area contributed by atoms with Crippen molar-refractivity contribution in [2.75, 3.05) is 64.7 Å². The van der Waals surface area contributed by atoms with Gasteiger partial charge in [0.15, 0.2) is 0 Å². The molecule has 1 atom stereocenters. The highest BCUT2D eigenvalue weighted by atomic mass is 35.5. The number of piperazine rings is 1. The molecule has 0 aliphatic carbocycles. The van der Waals surface area contributed by atoms with Gasteiger partial charge in [0.05, 0.1) is 28.7 Å². The van der Waals surface area contributed by atoms with E-state index in [2.05, 4.69) is 22.2 Å². The van der Waals surface area contributed by atoms with Crippen LogP contribution in [0.4, 0.5) is 23.7 Å². The van der Waals surface area contributed by atoms with Gasteiger partial charge < -0.3 is 30.0 Å². The van der Waals surface area contributed by atoms with Crippen LogP contribution in [0, 0.1) is 5.92 Å². The lowest BCUT2D eigenvalue weighted by molar-refractivity contribution is -0.143. The number of nitrogens with zero attached hydrogens (tertiary/aromatic N) is 5. The molecule has 1 aromatic heterocycles. The molecule has 3 fully saturated rings. The molecule has 4 aliphatic heterocycles. The molecule has 0 spiro atoms. The number of phenolic OH excluding ortho intramolecular Hbond substituents is 1. The molecule has 2 aromatic rings. The van der Waals surface area contributed by atoms with Crippen LogP contribution in [0.3, 0.4) is 0 Å². The number of benzene rings is 1. The van der Waals surface area contributed by atoms with E-state index in [4.69, 9.17) is 11.6 Å². The van der Waals surface area contributed by atoms with E-state index in [1.807, 2.05) is 16.3 Å². The number of urea groups is 1. The first kappa shape index (κ1) is 34.8. The molecule has 5 heterocycles. The number of anilines is 1. The third-order valence-corrected chi connectivity index (χ3v) is 11.5. The monoisotopic (exact) mass is 710 g/mol. The Labute approximate surface area is 287 Å². The van der Waals surface area contributed by atoms with Crippen molar-refractivity contribution in [2.45, 2.75) is 63.3 Å². The second-order valence-corrected chi connectivity index (χ2v) is 14.8. The van der Waals surface area contributed by atoms with Crippen molar-refractivity contribution in [1.29, 1.82) is 0 Å². The molecule has 48 heavy (non-hydrogen) atoms. The van der Waals surface area contributed by atoms with E-state index in [0.29, 0.717) is 64.7 Å². The maximum atomic E-state index is 14.0. The molecule has 10 nitrogen and oxygen atoms in total. The zero-order chi connectivity index (χ0) is 34.2. The van der Waals surface area contributed by atoms with Crippen molar-refractivity contribution in [2.24, 2.45) is 5.92 Å². The fourth-order valence-corrected chi connectivity index (χ4v) is 8.57. The molecule has 4 amide bonds. The molecule has 262 valence electrons. The summed E-state index contributed by atoms with van der Waals surface area (Å²) in [6.45, 7) is 5.76. The fraction of sp³-hybridized carbons (Fsp3) is 0.606. The van der Waals surface area contributed by atoms with Crippen LogP contribution in [-0.4, -0.2) is 119 Å². The lowest BCUT2D eigenvalue weighted by Crippen LogP contribution is -2.55. The van der Waals surface area contributed by atoms with Crippen LogP contribution in [0.5, 0.6) is 5.75 Å². The van der Waals surface area contributed by atoms with Gasteiger partial charge in [-0.2, -0.15) is 13.2 Å². The van der Waals surface area contributed by atoms with Gasteiger partial charge in [-0.25, -0.2) is 4.79 Å². The zero-order valence-corrected chi connectivity index (χ0v) is 28.5. The maximum Gasteiger partial charge on any atom is 0.420 e.